The average molecular weight is 322 g/mol. The van der Waals surface area contributed by atoms with Gasteiger partial charge in [0.2, 0.25) is 0 Å². The molecule has 0 aromatic carbocycles. The van der Waals surface area contributed by atoms with Crippen molar-refractivity contribution in [3.63, 3.8) is 0 Å². The predicted octanol–water partition coefficient (Wildman–Crippen LogP) is 2.53. The van der Waals surface area contributed by atoms with E-state index in [1.165, 1.54) is 0 Å². The Hall–Kier alpha value is -0.590. The van der Waals surface area contributed by atoms with Gasteiger partial charge in [-0.3, -0.25) is 0 Å². The first-order chi connectivity index (χ1) is 9.22. The molecule has 0 bridgehead atoms. The second-order valence-electron chi connectivity index (χ2n) is 5.69. The van der Waals surface area contributed by atoms with Crippen molar-refractivity contribution in [2.75, 3.05) is 12.4 Å². The molecule has 0 fully saturated rings. The number of alkyl halides is 1. The van der Waals surface area contributed by atoms with Crippen molar-refractivity contribution >= 4 is 21.6 Å². The molecule has 0 aliphatic heterocycles. The van der Waals surface area contributed by atoms with Crippen LogP contribution in [0.5, 0.6) is 0 Å². The fourth-order valence-corrected chi connectivity index (χ4v) is 3.31. The quantitative estimate of drug-likeness (QED) is 0.748. The number of hydrogen-bond donors (Lipinski definition) is 1. The molecule has 0 aliphatic rings. The lowest BCUT2D eigenvalue weighted by atomic mass is 9.88. The SMILES string of the molecule is CCn1cc(S(=O)(=O)NCC(C)(C)CCCCl)nc1C. The van der Waals surface area contributed by atoms with E-state index in [0.717, 1.165) is 12.8 Å². The standard InChI is InChI=1S/C13H24ClN3O2S/c1-5-17-9-12(16-11(17)2)20(18,19)15-10-13(3,4)7-6-8-14/h9,15H,5-8,10H2,1-4H3. The fraction of sp³-hybridized carbons (Fsp3) is 0.769. The van der Waals surface area contributed by atoms with Crippen LogP contribution in [-0.4, -0.2) is 30.4 Å². The highest BCUT2D eigenvalue weighted by Crippen LogP contribution is 2.22. The van der Waals surface area contributed by atoms with Gasteiger partial charge in [-0.25, -0.2) is 18.1 Å². The summed E-state index contributed by atoms with van der Waals surface area (Å²) in [6.07, 6.45) is 3.32. The van der Waals surface area contributed by atoms with Crippen LogP contribution in [0.15, 0.2) is 11.2 Å². The Balaban J connectivity index is 2.74. The molecule has 0 atom stereocenters. The highest BCUT2D eigenvalue weighted by molar-refractivity contribution is 7.89. The van der Waals surface area contributed by atoms with Gasteiger partial charge in [0.05, 0.1) is 0 Å². The van der Waals surface area contributed by atoms with E-state index in [9.17, 15) is 8.42 Å². The molecular formula is C13H24ClN3O2S. The van der Waals surface area contributed by atoms with Crippen molar-refractivity contribution in [3.05, 3.63) is 12.0 Å². The molecule has 20 heavy (non-hydrogen) atoms. The Bertz CT molecular complexity index is 538. The third-order valence-corrected chi connectivity index (χ3v) is 4.84. The number of hydrogen-bond acceptors (Lipinski definition) is 3. The minimum atomic E-state index is -3.55. The van der Waals surface area contributed by atoms with Crippen molar-refractivity contribution in [2.24, 2.45) is 5.41 Å². The molecule has 0 unspecified atom stereocenters. The van der Waals surface area contributed by atoms with Gasteiger partial charge >= 0.3 is 0 Å². The van der Waals surface area contributed by atoms with E-state index >= 15 is 0 Å². The molecular weight excluding hydrogens is 298 g/mol. The number of aromatic nitrogens is 2. The zero-order chi connectivity index (χ0) is 15.4. The molecule has 0 saturated carbocycles. The molecule has 5 nitrogen and oxygen atoms in total. The third-order valence-electron chi connectivity index (χ3n) is 3.30. The molecule has 1 aromatic rings. The lowest BCUT2D eigenvalue weighted by Gasteiger charge is -2.24. The maximum absolute atomic E-state index is 12.2. The van der Waals surface area contributed by atoms with Gasteiger partial charge in [-0.1, -0.05) is 13.8 Å². The topological polar surface area (TPSA) is 64.0 Å². The third kappa shape index (κ3) is 4.75. The van der Waals surface area contributed by atoms with E-state index in [2.05, 4.69) is 9.71 Å². The summed E-state index contributed by atoms with van der Waals surface area (Å²) in [5, 5.41) is 0.0880. The van der Waals surface area contributed by atoms with Crippen molar-refractivity contribution in [2.45, 2.75) is 52.1 Å². The van der Waals surface area contributed by atoms with Crippen LogP contribution in [0, 0.1) is 12.3 Å². The Labute approximate surface area is 126 Å². The number of nitrogens with zero attached hydrogens (tertiary/aromatic N) is 2. The molecule has 1 aromatic heterocycles. The molecule has 0 radical (unpaired) electrons. The first-order valence-corrected chi connectivity index (χ1v) is 8.83. The van der Waals surface area contributed by atoms with Crippen LogP contribution in [-0.2, 0) is 16.6 Å². The van der Waals surface area contributed by atoms with Gasteiger partial charge in [0.15, 0.2) is 5.03 Å². The summed E-state index contributed by atoms with van der Waals surface area (Å²) >= 11 is 5.68. The molecule has 116 valence electrons. The minimum absolute atomic E-state index is 0.0880. The van der Waals surface area contributed by atoms with E-state index in [4.69, 9.17) is 11.6 Å². The highest BCUT2D eigenvalue weighted by atomic mass is 35.5. The van der Waals surface area contributed by atoms with E-state index in [1.54, 1.807) is 13.1 Å². The van der Waals surface area contributed by atoms with Gasteiger partial charge in [-0.15, -0.1) is 11.6 Å². The Morgan fingerprint density at radius 2 is 2.10 bits per heavy atom. The maximum Gasteiger partial charge on any atom is 0.259 e. The summed E-state index contributed by atoms with van der Waals surface area (Å²) in [6.45, 7) is 8.89. The van der Waals surface area contributed by atoms with E-state index in [1.807, 2.05) is 25.3 Å². The van der Waals surface area contributed by atoms with Crippen molar-refractivity contribution in [1.82, 2.24) is 14.3 Å². The van der Waals surface area contributed by atoms with Gasteiger partial charge in [0.1, 0.15) is 5.82 Å². The summed E-state index contributed by atoms with van der Waals surface area (Å²) < 4.78 is 28.9. The van der Waals surface area contributed by atoms with Crippen LogP contribution in [0.3, 0.4) is 0 Å². The molecule has 0 saturated heterocycles. The van der Waals surface area contributed by atoms with Crippen LogP contribution in [0.1, 0.15) is 39.4 Å². The Morgan fingerprint density at radius 1 is 1.45 bits per heavy atom. The maximum atomic E-state index is 12.2. The molecule has 1 heterocycles. The van der Waals surface area contributed by atoms with Crippen LogP contribution in [0.25, 0.3) is 0 Å². The number of imidazole rings is 1. The van der Waals surface area contributed by atoms with Crippen molar-refractivity contribution < 1.29 is 8.42 Å². The van der Waals surface area contributed by atoms with E-state index in [-0.39, 0.29) is 10.4 Å². The van der Waals surface area contributed by atoms with Crippen LogP contribution < -0.4 is 4.72 Å². The zero-order valence-corrected chi connectivity index (χ0v) is 14.2. The Kier molecular flexibility index (Phi) is 6.04. The number of aryl methyl sites for hydroxylation is 2. The van der Waals surface area contributed by atoms with Crippen molar-refractivity contribution in [3.8, 4) is 0 Å². The average Bonchev–Trinajstić information content (AvgIpc) is 2.76. The summed E-state index contributed by atoms with van der Waals surface area (Å²) in [7, 11) is -3.55. The molecule has 1 rings (SSSR count). The normalized spacial score (nSPS) is 12.8. The van der Waals surface area contributed by atoms with Crippen LogP contribution >= 0.6 is 11.6 Å². The molecule has 1 N–H and O–H groups in total. The van der Waals surface area contributed by atoms with E-state index < -0.39 is 10.0 Å². The molecule has 0 spiro atoms. The highest BCUT2D eigenvalue weighted by Gasteiger charge is 2.24. The lowest BCUT2D eigenvalue weighted by Crippen LogP contribution is -2.34. The summed E-state index contributed by atoms with van der Waals surface area (Å²) in [6, 6.07) is 0. The van der Waals surface area contributed by atoms with Gasteiger partial charge < -0.3 is 4.57 Å². The number of halogens is 1. The second kappa shape index (κ2) is 6.91. The minimum Gasteiger partial charge on any atom is -0.334 e. The van der Waals surface area contributed by atoms with Gasteiger partial charge in [-0.05, 0) is 32.1 Å². The van der Waals surface area contributed by atoms with Crippen molar-refractivity contribution in [1.29, 1.82) is 0 Å². The first-order valence-electron chi connectivity index (χ1n) is 6.81. The lowest BCUT2D eigenvalue weighted by molar-refractivity contribution is 0.331. The summed E-state index contributed by atoms with van der Waals surface area (Å²) in [4.78, 5) is 4.11. The smallest absolute Gasteiger partial charge is 0.259 e. The summed E-state index contributed by atoms with van der Waals surface area (Å²) in [5.41, 5.74) is -0.121. The Morgan fingerprint density at radius 3 is 2.60 bits per heavy atom. The predicted molar refractivity (Wildman–Crippen MR) is 81.6 cm³/mol. The largest absolute Gasteiger partial charge is 0.334 e. The van der Waals surface area contributed by atoms with E-state index in [0.29, 0.717) is 24.8 Å². The molecule has 0 amide bonds. The summed E-state index contributed by atoms with van der Waals surface area (Å²) in [5.74, 6) is 1.30. The van der Waals surface area contributed by atoms with Crippen LogP contribution in [0.4, 0.5) is 0 Å². The first kappa shape index (κ1) is 17.5. The van der Waals surface area contributed by atoms with Gasteiger partial charge in [-0.2, -0.15) is 0 Å². The second-order valence-corrected chi connectivity index (χ2v) is 7.79. The zero-order valence-electron chi connectivity index (χ0n) is 12.6. The molecule has 7 heteroatoms. The number of rotatable bonds is 8. The number of nitrogens with one attached hydrogen (secondary N) is 1. The fourth-order valence-electron chi connectivity index (χ4n) is 1.93. The number of sulfonamides is 1. The monoisotopic (exact) mass is 321 g/mol. The molecule has 0 aliphatic carbocycles. The van der Waals surface area contributed by atoms with Gasteiger partial charge in [0, 0.05) is 25.2 Å². The van der Waals surface area contributed by atoms with Gasteiger partial charge in [0.25, 0.3) is 10.0 Å². The van der Waals surface area contributed by atoms with Crippen LogP contribution in [0.2, 0.25) is 0 Å².